The lowest BCUT2D eigenvalue weighted by Crippen LogP contribution is -2.21. The van der Waals surface area contributed by atoms with E-state index >= 15 is 0 Å². The molecule has 134 valence electrons. The molecule has 1 heterocycles. The largest absolute Gasteiger partial charge is 0.450 e. The van der Waals surface area contributed by atoms with E-state index < -0.39 is 18.5 Å². The summed E-state index contributed by atoms with van der Waals surface area (Å²) in [5, 5.41) is 3.94. The monoisotopic (exact) mass is 373 g/mol. The van der Waals surface area contributed by atoms with Gasteiger partial charge in [0.1, 0.15) is 5.58 Å². The van der Waals surface area contributed by atoms with E-state index in [1.165, 1.54) is 7.11 Å². The molecule has 3 rings (SSSR count). The number of rotatable bonds is 6. The second-order valence-electron chi connectivity index (χ2n) is 5.47. The number of carbonyl (C=O) groups excluding carboxylic acids is 2. The van der Waals surface area contributed by atoms with Crippen molar-refractivity contribution in [3.63, 3.8) is 0 Å². The number of carbonyl (C=O) groups is 2. The Bertz CT molecular complexity index is 933. The Morgan fingerprint density at radius 3 is 2.58 bits per heavy atom. The van der Waals surface area contributed by atoms with Gasteiger partial charge in [-0.15, -0.1) is 0 Å². The number of benzene rings is 2. The van der Waals surface area contributed by atoms with Gasteiger partial charge in [-0.1, -0.05) is 29.8 Å². The fourth-order valence-corrected chi connectivity index (χ4v) is 2.60. The van der Waals surface area contributed by atoms with Gasteiger partial charge in [0.25, 0.3) is 5.91 Å². The van der Waals surface area contributed by atoms with Crippen LogP contribution in [0.4, 0.5) is 5.69 Å². The second kappa shape index (κ2) is 8.03. The standard InChI is InChI=1S/C19H16ClNO5/c1-24-10-15-14-4-2-3-5-16(14)26-18(15)19(23)25-11-17(22)21-13-8-6-12(20)7-9-13/h2-9H,10-11H2,1H3,(H,21,22). The van der Waals surface area contributed by atoms with Crippen LogP contribution < -0.4 is 5.32 Å². The number of para-hydroxylation sites is 1. The smallest absolute Gasteiger partial charge is 0.375 e. The molecule has 7 heteroatoms. The summed E-state index contributed by atoms with van der Waals surface area (Å²) in [7, 11) is 1.52. The molecule has 1 aromatic heterocycles. The van der Waals surface area contributed by atoms with Gasteiger partial charge in [0.15, 0.2) is 6.61 Å². The van der Waals surface area contributed by atoms with Gasteiger partial charge in [-0.05, 0) is 30.3 Å². The summed E-state index contributed by atoms with van der Waals surface area (Å²) in [6.07, 6.45) is 0. The number of anilines is 1. The highest BCUT2D eigenvalue weighted by Crippen LogP contribution is 2.27. The minimum Gasteiger partial charge on any atom is -0.450 e. The Hall–Kier alpha value is -2.83. The molecule has 0 radical (unpaired) electrons. The third-order valence-corrected chi connectivity index (χ3v) is 3.89. The molecule has 0 unspecified atom stereocenters. The van der Waals surface area contributed by atoms with Gasteiger partial charge in [0.05, 0.1) is 6.61 Å². The molecule has 1 N–H and O–H groups in total. The zero-order valence-electron chi connectivity index (χ0n) is 14.0. The summed E-state index contributed by atoms with van der Waals surface area (Å²) in [5.41, 5.74) is 1.70. The number of halogens is 1. The van der Waals surface area contributed by atoms with Gasteiger partial charge >= 0.3 is 5.97 Å². The van der Waals surface area contributed by atoms with Crippen molar-refractivity contribution in [2.24, 2.45) is 0 Å². The van der Waals surface area contributed by atoms with E-state index in [2.05, 4.69) is 5.32 Å². The van der Waals surface area contributed by atoms with Crippen LogP contribution in [0.25, 0.3) is 11.0 Å². The highest BCUT2D eigenvalue weighted by Gasteiger charge is 2.22. The molecule has 0 saturated heterocycles. The molecule has 26 heavy (non-hydrogen) atoms. The van der Waals surface area contributed by atoms with E-state index in [0.29, 0.717) is 21.9 Å². The maximum absolute atomic E-state index is 12.3. The lowest BCUT2D eigenvalue weighted by atomic mass is 10.1. The topological polar surface area (TPSA) is 77.8 Å². The molecule has 1 amide bonds. The summed E-state index contributed by atoms with van der Waals surface area (Å²) in [4.78, 5) is 24.3. The molecule has 6 nitrogen and oxygen atoms in total. The van der Waals surface area contributed by atoms with Crippen molar-refractivity contribution in [3.05, 3.63) is 64.9 Å². The van der Waals surface area contributed by atoms with E-state index in [0.717, 1.165) is 5.39 Å². The van der Waals surface area contributed by atoms with Crippen molar-refractivity contribution in [1.29, 1.82) is 0 Å². The normalized spacial score (nSPS) is 10.7. The summed E-state index contributed by atoms with van der Waals surface area (Å²) in [6, 6.07) is 13.8. The van der Waals surface area contributed by atoms with Crippen LogP contribution in [0.15, 0.2) is 52.9 Å². The lowest BCUT2D eigenvalue weighted by molar-refractivity contribution is -0.119. The maximum atomic E-state index is 12.3. The van der Waals surface area contributed by atoms with Gasteiger partial charge in [0, 0.05) is 28.8 Å². The van der Waals surface area contributed by atoms with Gasteiger partial charge in [-0.3, -0.25) is 4.79 Å². The number of methoxy groups -OCH3 is 1. The van der Waals surface area contributed by atoms with Crippen LogP contribution in [-0.2, 0) is 20.9 Å². The second-order valence-corrected chi connectivity index (χ2v) is 5.91. The molecule has 0 atom stereocenters. The summed E-state index contributed by atoms with van der Waals surface area (Å²) < 4.78 is 15.8. The highest BCUT2D eigenvalue weighted by molar-refractivity contribution is 6.30. The quantitative estimate of drug-likeness (QED) is 0.660. The molecular weight excluding hydrogens is 358 g/mol. The Balaban J connectivity index is 1.68. The zero-order valence-corrected chi connectivity index (χ0v) is 14.7. The SMILES string of the molecule is COCc1c(C(=O)OCC(=O)Nc2ccc(Cl)cc2)oc2ccccc12. The Morgan fingerprint density at radius 1 is 1.12 bits per heavy atom. The number of esters is 1. The van der Waals surface area contributed by atoms with Gasteiger partial charge in [-0.2, -0.15) is 0 Å². The van der Waals surface area contributed by atoms with Gasteiger partial charge < -0.3 is 19.2 Å². The Kier molecular flexibility index (Phi) is 5.55. The Labute approximate surface area is 154 Å². The fourth-order valence-electron chi connectivity index (χ4n) is 2.48. The molecular formula is C19H16ClNO5. The number of fused-ring (bicyclic) bond motifs is 1. The van der Waals surface area contributed by atoms with E-state index in [1.54, 1.807) is 36.4 Å². The van der Waals surface area contributed by atoms with E-state index in [1.807, 2.05) is 12.1 Å². The molecule has 0 bridgehead atoms. The van der Waals surface area contributed by atoms with Crippen LogP contribution >= 0.6 is 11.6 Å². The number of amides is 1. The number of furan rings is 1. The first-order valence-corrected chi connectivity index (χ1v) is 8.18. The molecule has 0 fully saturated rings. The average molecular weight is 374 g/mol. The van der Waals surface area contributed by atoms with E-state index in [-0.39, 0.29) is 12.4 Å². The number of ether oxygens (including phenoxy) is 2. The van der Waals surface area contributed by atoms with Gasteiger partial charge in [-0.25, -0.2) is 4.79 Å². The first-order valence-electron chi connectivity index (χ1n) is 7.80. The average Bonchev–Trinajstić information content (AvgIpc) is 3.01. The van der Waals surface area contributed by atoms with Gasteiger partial charge in [0.2, 0.25) is 5.76 Å². The van der Waals surface area contributed by atoms with Crippen molar-refractivity contribution >= 4 is 40.1 Å². The van der Waals surface area contributed by atoms with Crippen LogP contribution in [-0.4, -0.2) is 25.6 Å². The number of hydrogen-bond donors (Lipinski definition) is 1. The molecule has 0 aliphatic rings. The summed E-state index contributed by atoms with van der Waals surface area (Å²) in [5.74, 6) is -1.16. The molecule has 0 spiro atoms. The van der Waals surface area contributed by atoms with Crippen LogP contribution in [0.2, 0.25) is 5.02 Å². The van der Waals surface area contributed by atoms with Crippen molar-refractivity contribution < 1.29 is 23.5 Å². The minimum atomic E-state index is -0.723. The third-order valence-electron chi connectivity index (χ3n) is 3.63. The maximum Gasteiger partial charge on any atom is 0.375 e. The Morgan fingerprint density at radius 2 is 1.85 bits per heavy atom. The lowest BCUT2D eigenvalue weighted by Gasteiger charge is -2.06. The van der Waals surface area contributed by atoms with Crippen LogP contribution in [0, 0.1) is 0 Å². The van der Waals surface area contributed by atoms with Crippen molar-refractivity contribution in [2.45, 2.75) is 6.61 Å². The molecule has 0 aliphatic carbocycles. The van der Waals surface area contributed by atoms with Crippen LogP contribution in [0.5, 0.6) is 0 Å². The molecule has 2 aromatic carbocycles. The first kappa shape index (κ1) is 18.0. The summed E-state index contributed by atoms with van der Waals surface area (Å²) in [6.45, 7) is -0.247. The predicted molar refractivity (Wildman–Crippen MR) is 97.3 cm³/mol. The zero-order chi connectivity index (χ0) is 18.5. The summed E-state index contributed by atoms with van der Waals surface area (Å²) >= 11 is 5.79. The highest BCUT2D eigenvalue weighted by atomic mass is 35.5. The van der Waals surface area contributed by atoms with E-state index in [9.17, 15) is 9.59 Å². The van der Waals surface area contributed by atoms with Crippen molar-refractivity contribution in [2.75, 3.05) is 19.0 Å². The van der Waals surface area contributed by atoms with Crippen molar-refractivity contribution in [1.82, 2.24) is 0 Å². The fraction of sp³-hybridized carbons (Fsp3) is 0.158. The van der Waals surface area contributed by atoms with Crippen LogP contribution in [0.3, 0.4) is 0 Å². The molecule has 0 saturated carbocycles. The molecule has 0 aliphatic heterocycles. The first-order chi connectivity index (χ1) is 12.6. The number of nitrogens with one attached hydrogen (secondary N) is 1. The molecule has 3 aromatic rings. The van der Waals surface area contributed by atoms with Crippen LogP contribution in [0.1, 0.15) is 16.1 Å². The van der Waals surface area contributed by atoms with E-state index in [4.69, 9.17) is 25.5 Å². The predicted octanol–water partition coefficient (Wildman–Crippen LogP) is 4.03. The third kappa shape index (κ3) is 4.04. The minimum absolute atomic E-state index is 0.0346. The van der Waals surface area contributed by atoms with Crippen molar-refractivity contribution in [3.8, 4) is 0 Å². The number of hydrogen-bond acceptors (Lipinski definition) is 5.